The first-order chi connectivity index (χ1) is 4.21. The van der Waals surface area contributed by atoms with Crippen LogP contribution in [0.2, 0.25) is 0 Å². The maximum absolute atomic E-state index is 10.5. The molecule has 0 radical (unpaired) electrons. The molecule has 0 atom stereocenters. The van der Waals surface area contributed by atoms with E-state index in [-0.39, 0.29) is 11.9 Å². The van der Waals surface area contributed by atoms with Crippen LogP contribution in [-0.4, -0.2) is 31.5 Å². The van der Waals surface area contributed by atoms with Gasteiger partial charge in [-0.2, -0.15) is 0 Å². The van der Waals surface area contributed by atoms with Crippen LogP contribution in [0.3, 0.4) is 0 Å². The second-order valence-electron chi connectivity index (χ2n) is 1.95. The Bertz CT molecular complexity index is 194. The lowest BCUT2D eigenvalue weighted by molar-refractivity contribution is 0.600. The van der Waals surface area contributed by atoms with Crippen LogP contribution in [0.5, 0.6) is 0 Å². The lowest BCUT2D eigenvalue weighted by Crippen LogP contribution is -2.06. The molecule has 0 unspecified atom stereocenters. The molecule has 0 aromatic rings. The zero-order chi connectivity index (χ0) is 8.41. The highest BCUT2D eigenvalue weighted by Crippen LogP contribution is 2.64. The molecule has 0 heterocycles. The van der Waals surface area contributed by atoms with E-state index in [1.54, 1.807) is 0 Å². The van der Waals surface area contributed by atoms with Crippen LogP contribution in [0.4, 0.5) is 0 Å². The first-order valence-corrected chi connectivity index (χ1v) is 8.18. The van der Waals surface area contributed by atoms with E-state index in [1.165, 1.54) is 0 Å². The lowest BCUT2D eigenvalue weighted by atomic mass is 11.0. The Labute approximate surface area is 70.3 Å². The number of rotatable bonds is 3. The van der Waals surface area contributed by atoms with Crippen molar-refractivity contribution >= 4 is 38.5 Å². The first-order valence-electron chi connectivity index (χ1n) is 2.38. The Morgan fingerprint density at radius 2 is 1.90 bits per heavy atom. The smallest absolute Gasteiger partial charge is 0.229 e. The van der Waals surface area contributed by atoms with E-state index in [9.17, 15) is 8.42 Å². The molecule has 0 aliphatic heterocycles. The van der Waals surface area contributed by atoms with E-state index < -0.39 is 16.0 Å². The van der Waals surface area contributed by atoms with Crippen molar-refractivity contribution in [1.82, 2.24) is 0 Å². The summed E-state index contributed by atoms with van der Waals surface area (Å²) in [6.45, 7) is 0. The fourth-order valence-electron chi connectivity index (χ4n) is 0.276. The minimum atomic E-state index is -3.06. The van der Waals surface area contributed by atoms with Crippen molar-refractivity contribution in [2.24, 2.45) is 0 Å². The highest BCUT2D eigenvalue weighted by molar-refractivity contribution is 8.13. The van der Waals surface area contributed by atoms with Crippen LogP contribution in [-0.2, 0) is 9.84 Å². The summed E-state index contributed by atoms with van der Waals surface area (Å²) in [5.41, 5.74) is 0. The summed E-state index contributed by atoms with van der Waals surface area (Å²) in [6.07, 6.45) is -1.94. The molecule has 0 aliphatic rings. The highest BCUT2D eigenvalue weighted by Gasteiger charge is 2.32. The van der Waals surface area contributed by atoms with E-state index in [1.807, 2.05) is 0 Å². The van der Waals surface area contributed by atoms with Crippen molar-refractivity contribution in [3.05, 3.63) is 0 Å². The van der Waals surface area contributed by atoms with Crippen molar-refractivity contribution in [2.75, 3.05) is 18.2 Å². The van der Waals surface area contributed by atoms with Gasteiger partial charge < -0.3 is 0 Å². The largest absolute Gasteiger partial charge is 0.336 e. The quantitative estimate of drug-likeness (QED) is 0.737. The predicted octanol–water partition coefficient (Wildman–Crippen LogP) is 1.26. The Kier molecular flexibility index (Phi) is 3.87. The molecule has 0 spiro atoms. The van der Waals surface area contributed by atoms with Gasteiger partial charge in [-0.05, 0) is 0 Å². The molecule has 0 saturated carbocycles. The van der Waals surface area contributed by atoms with Gasteiger partial charge in [0.1, 0.15) is 28.6 Å². The molecule has 0 bridgehead atoms. The Hall–Kier alpha value is 0.920. The third-order valence-corrected chi connectivity index (χ3v) is 3.76. The van der Waals surface area contributed by atoms with Gasteiger partial charge in [-0.15, -0.1) is 0 Å². The van der Waals surface area contributed by atoms with E-state index in [2.05, 4.69) is 0 Å². The van der Waals surface area contributed by atoms with Crippen LogP contribution in [0.25, 0.3) is 0 Å². The summed E-state index contributed by atoms with van der Waals surface area (Å²) in [6, 6.07) is 0. The van der Waals surface area contributed by atoms with Crippen LogP contribution >= 0.6 is 28.7 Å². The van der Waals surface area contributed by atoms with Gasteiger partial charge in [-0.25, -0.2) is 13.3 Å². The molecule has 3 nitrogen and oxygen atoms in total. The third-order valence-electron chi connectivity index (χ3n) is 0.731. The fraction of sp³-hybridized carbons (Fsp3) is 1.00. The van der Waals surface area contributed by atoms with Crippen molar-refractivity contribution in [3.63, 3.8) is 0 Å². The van der Waals surface area contributed by atoms with Gasteiger partial charge >= 0.3 is 6.19 Å². The zero-order valence-corrected chi connectivity index (χ0v) is 8.51. The fourth-order valence-corrected chi connectivity index (χ4v) is 3.72. The molecule has 62 valence electrons. The summed E-state index contributed by atoms with van der Waals surface area (Å²) in [4.78, 5) is 8.76. The topological polar surface area (TPSA) is 54.4 Å². The van der Waals surface area contributed by atoms with Gasteiger partial charge in [0.15, 0.2) is 9.84 Å². The SMILES string of the molecule is CS(=O)(=O)CC[P+](O)(Cl)Cl. The molecule has 0 amide bonds. The van der Waals surface area contributed by atoms with Gasteiger partial charge in [0, 0.05) is 6.26 Å². The van der Waals surface area contributed by atoms with Crippen molar-refractivity contribution in [1.29, 1.82) is 0 Å². The molecule has 0 fully saturated rings. The maximum atomic E-state index is 10.5. The van der Waals surface area contributed by atoms with Gasteiger partial charge in [-0.3, -0.25) is 0 Å². The van der Waals surface area contributed by atoms with Crippen molar-refractivity contribution < 1.29 is 13.3 Å². The molecular weight excluding hydrogens is 218 g/mol. The van der Waals surface area contributed by atoms with Crippen molar-refractivity contribution in [3.8, 4) is 0 Å². The van der Waals surface area contributed by atoms with Crippen LogP contribution < -0.4 is 0 Å². The summed E-state index contributed by atoms with van der Waals surface area (Å²) in [5.74, 6) is -0.162. The Morgan fingerprint density at radius 1 is 1.50 bits per heavy atom. The van der Waals surface area contributed by atoms with Crippen molar-refractivity contribution in [2.45, 2.75) is 0 Å². The highest BCUT2D eigenvalue weighted by atomic mass is 35.9. The Morgan fingerprint density at radius 3 is 2.00 bits per heavy atom. The third kappa shape index (κ3) is 8.92. The summed E-state index contributed by atoms with van der Waals surface area (Å²) in [7, 11) is -3.06. The van der Waals surface area contributed by atoms with E-state index >= 15 is 0 Å². The second kappa shape index (κ2) is 3.55. The average Bonchev–Trinajstić information content (AvgIpc) is 1.57. The number of sulfone groups is 1. The minimum Gasteiger partial charge on any atom is -0.229 e. The van der Waals surface area contributed by atoms with E-state index in [4.69, 9.17) is 27.4 Å². The van der Waals surface area contributed by atoms with Crippen LogP contribution in [0.15, 0.2) is 0 Å². The molecule has 0 saturated heterocycles. The van der Waals surface area contributed by atoms with E-state index in [0.29, 0.717) is 0 Å². The molecule has 0 aromatic heterocycles. The molecule has 0 rings (SSSR count). The molecular formula is C3H8Cl2O3PS+. The molecule has 1 N–H and O–H groups in total. The lowest BCUT2D eigenvalue weighted by Gasteiger charge is -1.98. The number of halogens is 2. The first kappa shape index (κ1) is 10.9. The Balaban J connectivity index is 3.79. The number of hydrogen-bond donors (Lipinski definition) is 1. The zero-order valence-electron chi connectivity index (χ0n) is 5.29. The standard InChI is InChI=1S/C3H8Cl2O3PS/c1-10(7,8)3-2-9(4,5)6/h6H,2-3H2,1H3/q+1. The average molecular weight is 226 g/mol. The minimum absolute atomic E-state index is 0.0606. The monoisotopic (exact) mass is 225 g/mol. The van der Waals surface area contributed by atoms with Crippen LogP contribution in [0.1, 0.15) is 0 Å². The summed E-state index contributed by atoms with van der Waals surface area (Å²) < 4.78 is 20.9. The molecule has 10 heavy (non-hydrogen) atoms. The van der Waals surface area contributed by atoms with Gasteiger partial charge in [0.2, 0.25) is 0 Å². The summed E-state index contributed by atoms with van der Waals surface area (Å²) >= 11 is 10.4. The predicted molar refractivity (Wildman–Crippen MR) is 45.4 cm³/mol. The van der Waals surface area contributed by atoms with Crippen LogP contribution in [0, 0.1) is 0 Å². The van der Waals surface area contributed by atoms with Gasteiger partial charge in [-0.1, -0.05) is 0 Å². The van der Waals surface area contributed by atoms with Gasteiger partial charge in [0.25, 0.3) is 0 Å². The molecule has 0 aromatic carbocycles. The van der Waals surface area contributed by atoms with E-state index in [0.717, 1.165) is 6.26 Å². The number of hydrogen-bond acceptors (Lipinski definition) is 3. The molecule has 0 aliphatic carbocycles. The normalized spacial score (nSPS) is 13.6. The maximum Gasteiger partial charge on any atom is 0.336 e. The summed E-state index contributed by atoms with van der Waals surface area (Å²) in [5, 5.41) is 0. The molecule has 7 heteroatoms. The second-order valence-corrected chi connectivity index (χ2v) is 9.72. The van der Waals surface area contributed by atoms with Gasteiger partial charge in [0.05, 0.1) is 5.75 Å².